The molecule has 5 nitrogen and oxygen atoms in total. The number of nitrogens with zero attached hydrogens (tertiary/aromatic N) is 1. The number of rotatable bonds is 9. The number of likely N-dealkylation sites (tertiary alicyclic amines) is 1. The van der Waals surface area contributed by atoms with Gasteiger partial charge in [-0.3, -0.25) is 4.90 Å². The molecule has 0 saturated carbocycles. The lowest BCUT2D eigenvalue weighted by Crippen LogP contribution is -2.53. The quantitative estimate of drug-likeness (QED) is 0.446. The van der Waals surface area contributed by atoms with E-state index in [0.717, 1.165) is 13.1 Å². The monoisotopic (exact) mass is 463 g/mol. The fourth-order valence-corrected chi connectivity index (χ4v) is 11.8. The van der Waals surface area contributed by atoms with Crippen LogP contribution in [0, 0.1) is 0 Å². The summed E-state index contributed by atoms with van der Waals surface area (Å²) >= 11 is 0. The van der Waals surface area contributed by atoms with E-state index in [9.17, 15) is 0 Å². The molecule has 4 atom stereocenters. The first-order valence-electron chi connectivity index (χ1n) is 12.3. The van der Waals surface area contributed by atoms with E-state index in [-0.39, 0.29) is 24.4 Å². The molecule has 0 N–H and O–H groups in total. The zero-order chi connectivity index (χ0) is 23.7. The minimum Gasteiger partial charge on any atom is -0.409 e. The summed E-state index contributed by atoms with van der Waals surface area (Å²) in [6.07, 6.45) is -0.0651. The molecule has 2 heterocycles. The summed E-state index contributed by atoms with van der Waals surface area (Å²) in [5.74, 6) is -0.563. The molecule has 182 valence electrons. The summed E-state index contributed by atoms with van der Waals surface area (Å²) in [7, 11) is -0.225. The van der Waals surface area contributed by atoms with Crippen molar-refractivity contribution in [3.8, 4) is 0 Å². The second-order valence-corrected chi connectivity index (χ2v) is 16.4. The van der Waals surface area contributed by atoms with Gasteiger partial charge in [-0.1, -0.05) is 71.9 Å². The maximum absolute atomic E-state index is 7.27. The summed E-state index contributed by atoms with van der Waals surface area (Å²) in [4.78, 5) is 2.50. The second-order valence-electron chi connectivity index (χ2n) is 10.9. The van der Waals surface area contributed by atoms with Crippen LogP contribution in [0.2, 0.25) is 16.6 Å². The Hall–Kier alpha value is -0.763. The van der Waals surface area contributed by atoms with Gasteiger partial charge in [0.25, 0.3) is 0 Å². The lowest BCUT2D eigenvalue weighted by molar-refractivity contribution is -0.151. The Morgan fingerprint density at radius 1 is 1.03 bits per heavy atom. The zero-order valence-corrected chi connectivity index (χ0v) is 22.6. The topological polar surface area (TPSA) is 40.2 Å². The first-order valence-corrected chi connectivity index (χ1v) is 14.5. The highest BCUT2D eigenvalue weighted by Gasteiger charge is 2.55. The average Bonchev–Trinajstić information content (AvgIpc) is 3.24. The molecule has 0 aromatic heterocycles. The second kappa shape index (κ2) is 10.2. The fraction of sp³-hybridized carbons (Fsp3) is 0.769. The van der Waals surface area contributed by atoms with Crippen molar-refractivity contribution < 1.29 is 18.6 Å². The van der Waals surface area contributed by atoms with Crippen molar-refractivity contribution >= 4 is 8.32 Å². The highest BCUT2D eigenvalue weighted by Crippen LogP contribution is 2.45. The number of methoxy groups -OCH3 is 1. The Balaban J connectivity index is 1.93. The summed E-state index contributed by atoms with van der Waals surface area (Å²) in [5, 5.41) is 0. The minimum absolute atomic E-state index is 0.0277. The number of hydrogen-bond donors (Lipinski definition) is 0. The van der Waals surface area contributed by atoms with Crippen LogP contribution < -0.4 is 0 Å². The van der Waals surface area contributed by atoms with Gasteiger partial charge < -0.3 is 18.6 Å². The molecule has 2 aliphatic heterocycles. The van der Waals surface area contributed by atoms with E-state index in [4.69, 9.17) is 18.6 Å². The van der Waals surface area contributed by atoms with E-state index < -0.39 is 14.1 Å². The molecule has 2 fully saturated rings. The predicted molar refractivity (Wildman–Crippen MR) is 132 cm³/mol. The summed E-state index contributed by atoms with van der Waals surface area (Å²) in [6.45, 7) is 20.3. The highest BCUT2D eigenvalue weighted by molar-refractivity contribution is 6.77. The molecule has 32 heavy (non-hydrogen) atoms. The molecule has 0 unspecified atom stereocenters. The van der Waals surface area contributed by atoms with Crippen molar-refractivity contribution in [2.45, 2.75) is 109 Å². The van der Waals surface area contributed by atoms with Crippen LogP contribution in [0.15, 0.2) is 30.3 Å². The van der Waals surface area contributed by atoms with Crippen LogP contribution in [0.5, 0.6) is 0 Å². The van der Waals surface area contributed by atoms with E-state index in [0.29, 0.717) is 23.2 Å². The largest absolute Gasteiger partial charge is 0.409 e. The van der Waals surface area contributed by atoms with Crippen molar-refractivity contribution in [1.82, 2.24) is 4.90 Å². The van der Waals surface area contributed by atoms with Crippen LogP contribution in [-0.2, 0) is 25.2 Å². The molecule has 2 aliphatic rings. The third kappa shape index (κ3) is 5.16. The molecule has 2 saturated heterocycles. The first kappa shape index (κ1) is 25.9. The van der Waals surface area contributed by atoms with Crippen LogP contribution >= 0.6 is 0 Å². The predicted octanol–water partition coefficient (Wildman–Crippen LogP) is 5.60. The van der Waals surface area contributed by atoms with Crippen LogP contribution in [0.4, 0.5) is 0 Å². The van der Waals surface area contributed by atoms with Gasteiger partial charge in [-0.15, -0.1) is 0 Å². The molecule has 6 heteroatoms. The van der Waals surface area contributed by atoms with Crippen molar-refractivity contribution in [2.75, 3.05) is 20.3 Å². The lowest BCUT2D eigenvalue weighted by Gasteiger charge is -2.45. The third-order valence-electron chi connectivity index (χ3n) is 7.51. The van der Waals surface area contributed by atoms with Gasteiger partial charge in [-0.2, -0.15) is 0 Å². The van der Waals surface area contributed by atoms with Crippen LogP contribution in [0.25, 0.3) is 0 Å². The number of hydrogen-bond acceptors (Lipinski definition) is 5. The van der Waals surface area contributed by atoms with Crippen molar-refractivity contribution in [3.05, 3.63) is 35.9 Å². The van der Waals surface area contributed by atoms with E-state index in [2.05, 4.69) is 76.8 Å². The van der Waals surface area contributed by atoms with E-state index in [1.165, 1.54) is 5.56 Å². The van der Waals surface area contributed by atoms with Crippen molar-refractivity contribution in [1.29, 1.82) is 0 Å². The molecule has 1 aromatic carbocycles. The Kier molecular flexibility index (Phi) is 8.27. The Morgan fingerprint density at radius 3 is 2.09 bits per heavy atom. The maximum atomic E-state index is 7.27. The van der Waals surface area contributed by atoms with Gasteiger partial charge in [0.15, 0.2) is 5.79 Å². The van der Waals surface area contributed by atoms with E-state index in [1.807, 2.05) is 21.0 Å². The SMILES string of the molecule is CO[C@H]1[C@H]([C@H]2COC(C)(C)O2)N(Cc2ccccc2)C[C@@H]1O[Si](C(C)C)(C(C)C)C(C)C. The van der Waals surface area contributed by atoms with Gasteiger partial charge >= 0.3 is 0 Å². The van der Waals surface area contributed by atoms with E-state index >= 15 is 0 Å². The minimum atomic E-state index is -2.05. The van der Waals surface area contributed by atoms with Gasteiger partial charge in [0.1, 0.15) is 12.2 Å². The maximum Gasteiger partial charge on any atom is 0.200 e. The molecule has 0 spiro atoms. The molecular formula is C26H45NO4Si. The molecule has 0 amide bonds. The summed E-state index contributed by atoms with van der Waals surface area (Å²) < 4.78 is 25.8. The molecule has 0 bridgehead atoms. The Bertz CT molecular complexity index is 702. The summed E-state index contributed by atoms with van der Waals surface area (Å²) in [6, 6.07) is 10.8. The smallest absolute Gasteiger partial charge is 0.200 e. The standard InChI is InChI=1S/C26H45NO4Si/c1-18(2)32(19(3)4,20(5)6)31-22-16-27(15-21-13-11-10-12-14-21)24(25(22)28-9)23-17-29-26(7,8)30-23/h10-14,18-20,22-25H,15-17H2,1-9H3/t22-,23+,24-,25+/m0/s1. The molecule has 0 aliphatic carbocycles. The average molecular weight is 464 g/mol. The normalized spacial score (nSPS) is 29.0. The number of benzene rings is 1. The molecule has 0 radical (unpaired) electrons. The fourth-order valence-electron chi connectivity index (χ4n) is 6.27. The van der Waals surface area contributed by atoms with E-state index in [1.54, 1.807) is 0 Å². The van der Waals surface area contributed by atoms with Crippen LogP contribution in [0.1, 0.15) is 61.0 Å². The Labute approximate surface area is 196 Å². The zero-order valence-electron chi connectivity index (χ0n) is 21.6. The summed E-state index contributed by atoms with van der Waals surface area (Å²) in [5.41, 5.74) is 2.90. The van der Waals surface area contributed by atoms with Gasteiger partial charge in [-0.25, -0.2) is 0 Å². The molecule has 1 aromatic rings. The Morgan fingerprint density at radius 2 is 1.62 bits per heavy atom. The van der Waals surface area contributed by atoms with Gasteiger partial charge in [0.2, 0.25) is 8.32 Å². The van der Waals surface area contributed by atoms with Crippen LogP contribution in [0.3, 0.4) is 0 Å². The molecule has 3 rings (SSSR count). The van der Waals surface area contributed by atoms with Gasteiger partial charge in [0.05, 0.1) is 18.8 Å². The van der Waals surface area contributed by atoms with Gasteiger partial charge in [0, 0.05) is 20.2 Å². The van der Waals surface area contributed by atoms with Crippen LogP contribution in [-0.4, -0.2) is 63.6 Å². The first-order chi connectivity index (χ1) is 15.0. The van der Waals surface area contributed by atoms with Crippen molar-refractivity contribution in [2.24, 2.45) is 0 Å². The van der Waals surface area contributed by atoms with Gasteiger partial charge in [-0.05, 0) is 36.0 Å². The van der Waals surface area contributed by atoms with Crippen molar-refractivity contribution in [3.63, 3.8) is 0 Å². The lowest BCUT2D eigenvalue weighted by atomic mass is 10.0. The highest BCUT2D eigenvalue weighted by atomic mass is 28.4. The number of ether oxygens (including phenoxy) is 3. The molecular weight excluding hydrogens is 418 g/mol. The third-order valence-corrected chi connectivity index (χ3v) is 13.6.